The Balaban J connectivity index is 2.34. The molecule has 1 aliphatic rings. The van der Waals surface area contributed by atoms with E-state index in [0.29, 0.717) is 6.42 Å². The molecular formula is C14H16O3. The van der Waals surface area contributed by atoms with E-state index in [0.717, 1.165) is 17.5 Å². The number of phenols is 1. The van der Waals surface area contributed by atoms with Crippen LogP contribution >= 0.6 is 0 Å². The summed E-state index contributed by atoms with van der Waals surface area (Å²) in [6, 6.07) is 5.33. The standard InChI is InChI=1S/C14H16O3/c1-3-9-6-10(7-14(16)17-2)12-5-4-11(15)8-13(9)12/h3-5,8,10,15H,6-7H2,1-2H3/b9-3-. The Kier molecular flexibility index (Phi) is 3.18. The van der Waals surface area contributed by atoms with E-state index in [4.69, 9.17) is 4.74 Å². The second-order valence-electron chi connectivity index (χ2n) is 4.27. The lowest BCUT2D eigenvalue weighted by Gasteiger charge is -2.09. The van der Waals surface area contributed by atoms with E-state index in [-0.39, 0.29) is 17.6 Å². The second kappa shape index (κ2) is 4.62. The van der Waals surface area contributed by atoms with Gasteiger partial charge in [-0.15, -0.1) is 0 Å². The molecule has 1 aromatic rings. The molecule has 1 aromatic carbocycles. The van der Waals surface area contributed by atoms with Gasteiger partial charge in [-0.1, -0.05) is 12.1 Å². The summed E-state index contributed by atoms with van der Waals surface area (Å²) in [7, 11) is 1.41. The smallest absolute Gasteiger partial charge is 0.306 e. The first-order valence-electron chi connectivity index (χ1n) is 5.71. The highest BCUT2D eigenvalue weighted by atomic mass is 16.5. The third kappa shape index (κ3) is 2.18. The molecule has 1 aliphatic carbocycles. The lowest BCUT2D eigenvalue weighted by molar-refractivity contribution is -0.141. The van der Waals surface area contributed by atoms with Gasteiger partial charge < -0.3 is 9.84 Å². The van der Waals surface area contributed by atoms with Crippen molar-refractivity contribution in [3.05, 3.63) is 35.4 Å². The average molecular weight is 232 g/mol. The van der Waals surface area contributed by atoms with Gasteiger partial charge in [0.05, 0.1) is 13.5 Å². The Morgan fingerprint density at radius 1 is 1.59 bits per heavy atom. The van der Waals surface area contributed by atoms with Crippen LogP contribution in [0.1, 0.15) is 36.8 Å². The maximum atomic E-state index is 11.3. The molecule has 0 amide bonds. The largest absolute Gasteiger partial charge is 0.508 e. The first kappa shape index (κ1) is 11.7. The molecule has 0 aromatic heterocycles. The van der Waals surface area contributed by atoms with Crippen LogP contribution in [0, 0.1) is 0 Å². The average Bonchev–Trinajstić information content (AvgIpc) is 2.66. The second-order valence-corrected chi connectivity index (χ2v) is 4.27. The van der Waals surface area contributed by atoms with Crippen LogP contribution in [-0.2, 0) is 9.53 Å². The highest BCUT2D eigenvalue weighted by Gasteiger charge is 2.28. The van der Waals surface area contributed by atoms with E-state index in [1.807, 2.05) is 19.1 Å². The summed E-state index contributed by atoms with van der Waals surface area (Å²) in [5.41, 5.74) is 3.37. The number of ether oxygens (including phenoxy) is 1. The van der Waals surface area contributed by atoms with Crippen molar-refractivity contribution in [3.8, 4) is 5.75 Å². The molecule has 1 atom stereocenters. The van der Waals surface area contributed by atoms with Crippen molar-refractivity contribution < 1.29 is 14.6 Å². The van der Waals surface area contributed by atoms with E-state index in [2.05, 4.69) is 0 Å². The van der Waals surface area contributed by atoms with Crippen LogP contribution in [0.3, 0.4) is 0 Å². The fourth-order valence-corrected chi connectivity index (χ4v) is 2.40. The van der Waals surface area contributed by atoms with Crippen LogP contribution in [0.15, 0.2) is 24.3 Å². The Morgan fingerprint density at radius 3 is 3.00 bits per heavy atom. The summed E-state index contributed by atoms with van der Waals surface area (Å²) in [5, 5.41) is 9.51. The minimum atomic E-state index is -0.189. The SMILES string of the molecule is C/C=C1/CC(CC(=O)OC)c2ccc(O)cc21. The number of aromatic hydroxyl groups is 1. The van der Waals surface area contributed by atoms with Gasteiger partial charge in [0.1, 0.15) is 5.75 Å². The lowest BCUT2D eigenvalue weighted by atomic mass is 9.98. The molecule has 0 spiro atoms. The fraction of sp³-hybridized carbons (Fsp3) is 0.357. The van der Waals surface area contributed by atoms with Crippen LogP contribution in [0.4, 0.5) is 0 Å². The molecule has 0 fully saturated rings. The number of methoxy groups -OCH3 is 1. The van der Waals surface area contributed by atoms with Gasteiger partial charge in [-0.2, -0.15) is 0 Å². The van der Waals surface area contributed by atoms with E-state index >= 15 is 0 Å². The van der Waals surface area contributed by atoms with E-state index in [9.17, 15) is 9.90 Å². The molecule has 1 N–H and O–H groups in total. The molecule has 3 nitrogen and oxygen atoms in total. The molecule has 0 radical (unpaired) electrons. The molecule has 0 saturated carbocycles. The van der Waals surface area contributed by atoms with Crippen molar-refractivity contribution in [2.75, 3.05) is 7.11 Å². The van der Waals surface area contributed by atoms with Gasteiger partial charge in [-0.25, -0.2) is 0 Å². The quantitative estimate of drug-likeness (QED) is 0.797. The summed E-state index contributed by atoms with van der Waals surface area (Å²) in [6.07, 6.45) is 3.27. The predicted octanol–water partition coefficient (Wildman–Crippen LogP) is 2.85. The Bertz CT molecular complexity index is 474. The maximum Gasteiger partial charge on any atom is 0.306 e. The molecule has 0 aliphatic heterocycles. The van der Waals surface area contributed by atoms with Crippen LogP contribution < -0.4 is 0 Å². The van der Waals surface area contributed by atoms with Crippen molar-refractivity contribution in [1.82, 2.24) is 0 Å². The Morgan fingerprint density at radius 2 is 2.35 bits per heavy atom. The minimum absolute atomic E-state index is 0.171. The third-order valence-corrected chi connectivity index (χ3v) is 3.28. The van der Waals surface area contributed by atoms with Crippen LogP contribution in [0.2, 0.25) is 0 Å². The van der Waals surface area contributed by atoms with Crippen molar-refractivity contribution in [1.29, 1.82) is 0 Å². The van der Waals surface area contributed by atoms with Gasteiger partial charge in [0.25, 0.3) is 0 Å². The topological polar surface area (TPSA) is 46.5 Å². The van der Waals surface area contributed by atoms with Gasteiger partial charge in [0.2, 0.25) is 0 Å². The minimum Gasteiger partial charge on any atom is -0.508 e. The van der Waals surface area contributed by atoms with Crippen molar-refractivity contribution >= 4 is 11.5 Å². The van der Waals surface area contributed by atoms with Crippen LogP contribution in [0.5, 0.6) is 5.75 Å². The van der Waals surface area contributed by atoms with Crippen LogP contribution in [-0.4, -0.2) is 18.2 Å². The molecule has 3 heteroatoms. The highest BCUT2D eigenvalue weighted by Crippen LogP contribution is 2.44. The Hall–Kier alpha value is -1.77. The molecule has 2 rings (SSSR count). The highest BCUT2D eigenvalue weighted by molar-refractivity contribution is 5.78. The molecular weight excluding hydrogens is 216 g/mol. The number of allylic oxidation sites excluding steroid dienone is 2. The van der Waals surface area contributed by atoms with Crippen molar-refractivity contribution in [2.24, 2.45) is 0 Å². The maximum absolute atomic E-state index is 11.3. The molecule has 17 heavy (non-hydrogen) atoms. The number of rotatable bonds is 2. The Labute approximate surface area is 101 Å². The van der Waals surface area contributed by atoms with Crippen molar-refractivity contribution in [3.63, 3.8) is 0 Å². The van der Waals surface area contributed by atoms with E-state index in [1.165, 1.54) is 12.7 Å². The van der Waals surface area contributed by atoms with E-state index < -0.39 is 0 Å². The number of fused-ring (bicyclic) bond motifs is 1. The number of esters is 1. The zero-order valence-electron chi connectivity index (χ0n) is 10.1. The van der Waals surface area contributed by atoms with E-state index in [1.54, 1.807) is 12.1 Å². The predicted molar refractivity (Wildman–Crippen MR) is 65.7 cm³/mol. The molecule has 90 valence electrons. The number of phenolic OH excluding ortho intramolecular Hbond substituents is 1. The van der Waals surface area contributed by atoms with Gasteiger partial charge in [0.15, 0.2) is 0 Å². The number of benzene rings is 1. The summed E-state index contributed by atoms with van der Waals surface area (Å²) in [5.74, 6) is 0.248. The molecule has 1 unspecified atom stereocenters. The van der Waals surface area contributed by atoms with Gasteiger partial charge in [-0.3, -0.25) is 4.79 Å². The molecule has 0 bridgehead atoms. The first-order chi connectivity index (χ1) is 8.15. The third-order valence-electron chi connectivity index (χ3n) is 3.28. The summed E-state index contributed by atoms with van der Waals surface area (Å²) in [6.45, 7) is 1.98. The lowest BCUT2D eigenvalue weighted by Crippen LogP contribution is -2.06. The zero-order valence-corrected chi connectivity index (χ0v) is 10.1. The fourth-order valence-electron chi connectivity index (χ4n) is 2.40. The number of carbonyl (C=O) groups excluding carboxylic acids is 1. The van der Waals surface area contributed by atoms with Gasteiger partial charge in [-0.05, 0) is 48.1 Å². The van der Waals surface area contributed by atoms with Crippen molar-refractivity contribution in [2.45, 2.75) is 25.7 Å². The number of hydrogen-bond donors (Lipinski definition) is 1. The first-order valence-corrected chi connectivity index (χ1v) is 5.71. The van der Waals surface area contributed by atoms with Crippen LogP contribution in [0.25, 0.3) is 5.57 Å². The zero-order chi connectivity index (χ0) is 12.4. The molecule has 0 saturated heterocycles. The summed E-state index contributed by atoms with van der Waals surface area (Å²) >= 11 is 0. The normalized spacial score (nSPS) is 20.4. The summed E-state index contributed by atoms with van der Waals surface area (Å²) in [4.78, 5) is 11.3. The van der Waals surface area contributed by atoms with Gasteiger partial charge >= 0.3 is 5.97 Å². The number of hydrogen-bond acceptors (Lipinski definition) is 3. The van der Waals surface area contributed by atoms with Gasteiger partial charge in [0, 0.05) is 0 Å². The number of carbonyl (C=O) groups is 1. The summed E-state index contributed by atoms with van der Waals surface area (Å²) < 4.78 is 4.71. The molecule has 0 heterocycles. The monoisotopic (exact) mass is 232 g/mol.